The van der Waals surface area contributed by atoms with Crippen LogP contribution in [0, 0.1) is 39.0 Å². The summed E-state index contributed by atoms with van der Waals surface area (Å²) in [6.07, 6.45) is 5.70. The number of hydrogen-bond acceptors (Lipinski definition) is 14. The van der Waals surface area contributed by atoms with Crippen molar-refractivity contribution in [3.8, 4) is 63.2 Å². The zero-order valence-electron chi connectivity index (χ0n) is 48.7. The molecule has 1 N–H and O–H groups in total. The minimum atomic E-state index is -0.103. The van der Waals surface area contributed by atoms with Gasteiger partial charge in [-0.15, -0.1) is 0 Å². The number of nitriles is 1. The van der Waals surface area contributed by atoms with Crippen LogP contribution in [-0.2, 0) is 33.0 Å². The first-order valence-electron chi connectivity index (χ1n) is 26.9. The van der Waals surface area contributed by atoms with Crippen molar-refractivity contribution in [3.63, 3.8) is 0 Å². The summed E-state index contributed by atoms with van der Waals surface area (Å²) in [5.41, 5.74) is 11.3. The fourth-order valence-electron chi connectivity index (χ4n) is 8.78. The number of phenols is 1. The van der Waals surface area contributed by atoms with Crippen LogP contribution in [0.25, 0.3) is 11.1 Å². The molecule has 9 rings (SSSR count). The first kappa shape index (κ1) is 68.1. The van der Waals surface area contributed by atoms with Gasteiger partial charge in [0.1, 0.15) is 85.1 Å². The van der Waals surface area contributed by atoms with Crippen LogP contribution < -0.4 is 33.2 Å². The number of aldehydes is 4. The van der Waals surface area contributed by atoms with Crippen molar-refractivity contribution in [2.45, 2.75) is 60.7 Å². The van der Waals surface area contributed by atoms with E-state index in [-0.39, 0.29) is 48.3 Å². The molecule has 0 aliphatic rings. The molecule has 9 aromatic rings. The fraction of sp³-hybridized carbons (Fsp3) is 0.159. The van der Waals surface area contributed by atoms with Gasteiger partial charge in [-0.2, -0.15) is 5.26 Å². The Labute approximate surface area is 552 Å². The van der Waals surface area contributed by atoms with Crippen LogP contribution in [0.4, 0.5) is 0 Å². The molecule has 0 radical (unpaired) electrons. The standard InChI is InChI=1S/C38H30Cl2N2O6.C16H14BrClO3.C15H12BrClO3/c1-23-27(21-48-38-14-37(29(19-44)12-34(38)40)46-20-26-10-25(15-41)16-42-17-26)6-4-7-31(23)32-8-5-9-35(24(32)2)47-22-30-13-36(45-3)28(18-43)11-33(30)39;1-10-13(17)4-3-5-15(10)21-9-12-7-16(20-2)11(8-19)6-14(12)18;1-9-12(16)3-2-4-15(9)20-8-11-6-14(19)10(7-18)5-13(11)17/h4-14,16-19H,20-22H2,1-3H3;3-8H,9H2,1-2H3;2-7,19H,8H2,1H3. The molecule has 1 heterocycles. The number of carbonyl (C=O) groups is 4. The van der Waals surface area contributed by atoms with E-state index in [1.54, 1.807) is 42.6 Å². The number of aromatic hydroxyl groups is 1. The van der Waals surface area contributed by atoms with E-state index < -0.39 is 0 Å². The van der Waals surface area contributed by atoms with Crippen molar-refractivity contribution >= 4 is 103 Å². The quantitative estimate of drug-likeness (QED) is 0.0631. The number of halogens is 6. The highest BCUT2D eigenvalue weighted by molar-refractivity contribution is 9.10. The molecule has 0 atom stereocenters. The lowest BCUT2D eigenvalue weighted by Gasteiger charge is -2.18. The van der Waals surface area contributed by atoms with Gasteiger partial charge in [0.25, 0.3) is 0 Å². The molecule has 0 bridgehead atoms. The minimum absolute atomic E-state index is 0.0986. The lowest BCUT2D eigenvalue weighted by atomic mass is 9.93. The third kappa shape index (κ3) is 17.7. The number of hydrogen-bond donors (Lipinski definition) is 1. The molecule has 1 aromatic heterocycles. The zero-order valence-corrected chi connectivity index (χ0v) is 54.9. The Morgan fingerprint density at radius 1 is 0.449 bits per heavy atom. The first-order chi connectivity index (χ1) is 42.8. The van der Waals surface area contributed by atoms with Crippen LogP contribution in [0.3, 0.4) is 0 Å². The normalized spacial score (nSPS) is 10.5. The second-order valence-electron chi connectivity index (χ2n) is 19.5. The molecule has 0 fully saturated rings. The van der Waals surface area contributed by atoms with E-state index in [1.165, 1.54) is 38.6 Å². The largest absolute Gasteiger partial charge is 0.507 e. The SMILES string of the molecule is COc1cc(COc2cccc(-c3cccc(COc4cc(OCc5cncc(C#N)c5)c(C=O)cc4Cl)c3C)c2C)c(Cl)cc1C=O.COc1cc(COc2cccc(Br)c2C)c(Cl)cc1C=O.Cc1c(Br)cccc1OCc1cc(O)c(C=O)cc1Cl. The molecule has 14 nitrogen and oxygen atoms in total. The van der Waals surface area contributed by atoms with Gasteiger partial charge in [0.05, 0.1) is 47.1 Å². The van der Waals surface area contributed by atoms with E-state index in [4.69, 9.17) is 84.8 Å². The lowest BCUT2D eigenvalue weighted by Crippen LogP contribution is -2.03. The Hall–Kier alpha value is -8.40. The molecule has 8 aromatic carbocycles. The van der Waals surface area contributed by atoms with Gasteiger partial charge >= 0.3 is 0 Å². The minimum Gasteiger partial charge on any atom is -0.507 e. The molecular weight excluding hydrogens is 1350 g/mol. The van der Waals surface area contributed by atoms with Crippen molar-refractivity contribution in [1.82, 2.24) is 4.98 Å². The van der Waals surface area contributed by atoms with E-state index in [2.05, 4.69) is 36.8 Å². The van der Waals surface area contributed by atoms with Crippen LogP contribution in [0.2, 0.25) is 20.1 Å². The molecule has 0 spiro atoms. The second kappa shape index (κ2) is 32.7. The van der Waals surface area contributed by atoms with Gasteiger partial charge in [-0.1, -0.05) is 121 Å². The molecule has 0 aliphatic heterocycles. The van der Waals surface area contributed by atoms with Gasteiger partial charge in [0, 0.05) is 75.9 Å². The van der Waals surface area contributed by atoms with Crippen molar-refractivity contribution < 1.29 is 57.4 Å². The van der Waals surface area contributed by atoms with E-state index in [0.717, 1.165) is 65.0 Å². The predicted octanol–water partition coefficient (Wildman–Crippen LogP) is 18.2. The van der Waals surface area contributed by atoms with Crippen LogP contribution in [0.1, 0.15) is 97.1 Å². The number of aromatic nitrogens is 1. The van der Waals surface area contributed by atoms with Crippen molar-refractivity contribution in [2.24, 2.45) is 0 Å². The summed E-state index contributed by atoms with van der Waals surface area (Å²) in [5, 5.41) is 20.4. The zero-order chi connectivity index (χ0) is 64.3. The first-order valence-corrected chi connectivity index (χ1v) is 30.0. The van der Waals surface area contributed by atoms with E-state index in [1.807, 2.05) is 107 Å². The number of phenolic OH excluding ortho intramolecular Hbond substituents is 1. The third-order valence-electron chi connectivity index (χ3n) is 13.9. The topological polar surface area (TPSA) is 190 Å². The number of pyridine rings is 1. The molecule has 456 valence electrons. The summed E-state index contributed by atoms with van der Waals surface area (Å²) in [6, 6.07) is 39.5. The lowest BCUT2D eigenvalue weighted by molar-refractivity contribution is 0.111. The van der Waals surface area contributed by atoms with Gasteiger partial charge < -0.3 is 38.3 Å². The third-order valence-corrected chi connectivity index (χ3v) is 16.9. The number of rotatable bonds is 22. The van der Waals surface area contributed by atoms with E-state index in [9.17, 15) is 24.3 Å². The highest BCUT2D eigenvalue weighted by Gasteiger charge is 2.18. The number of methoxy groups -OCH3 is 2. The summed E-state index contributed by atoms with van der Waals surface area (Å²) in [4.78, 5) is 48.8. The summed E-state index contributed by atoms with van der Waals surface area (Å²) in [5.74, 6) is 3.66. The summed E-state index contributed by atoms with van der Waals surface area (Å²) >= 11 is 32.0. The Bertz CT molecular complexity index is 4120. The maximum atomic E-state index is 11.8. The predicted molar refractivity (Wildman–Crippen MR) is 352 cm³/mol. The maximum absolute atomic E-state index is 11.8. The van der Waals surface area contributed by atoms with Crippen LogP contribution >= 0.6 is 78.3 Å². The number of ether oxygens (including phenoxy) is 7. The molecule has 0 saturated carbocycles. The van der Waals surface area contributed by atoms with Crippen LogP contribution in [0.15, 0.2) is 149 Å². The smallest absolute Gasteiger partial charge is 0.153 e. The van der Waals surface area contributed by atoms with Crippen LogP contribution in [0.5, 0.6) is 46.0 Å². The van der Waals surface area contributed by atoms with Gasteiger partial charge in [-0.25, -0.2) is 0 Å². The Morgan fingerprint density at radius 3 is 1.37 bits per heavy atom. The van der Waals surface area contributed by atoms with Crippen LogP contribution in [-0.4, -0.2) is 49.5 Å². The maximum Gasteiger partial charge on any atom is 0.153 e. The average molecular weight is 1410 g/mol. The molecule has 89 heavy (non-hydrogen) atoms. The van der Waals surface area contributed by atoms with E-state index in [0.29, 0.717) is 109 Å². The second-order valence-corrected chi connectivity index (χ2v) is 22.9. The monoisotopic (exact) mass is 1400 g/mol. The van der Waals surface area contributed by atoms with Gasteiger partial charge in [-0.05, 0) is 134 Å². The molecule has 0 amide bonds. The molecule has 20 heteroatoms. The van der Waals surface area contributed by atoms with Crippen molar-refractivity contribution in [1.29, 1.82) is 5.26 Å². The Kier molecular flexibility index (Phi) is 25.0. The summed E-state index contributed by atoms with van der Waals surface area (Å²) in [7, 11) is 3.01. The van der Waals surface area contributed by atoms with Crippen molar-refractivity contribution in [2.75, 3.05) is 14.2 Å². The van der Waals surface area contributed by atoms with Gasteiger partial charge in [0.2, 0.25) is 0 Å². The summed E-state index contributed by atoms with van der Waals surface area (Å²) in [6.45, 7) is 8.93. The number of carbonyl (C=O) groups excluding carboxylic acids is 4. The number of benzene rings is 8. The summed E-state index contributed by atoms with van der Waals surface area (Å²) < 4.78 is 42.2. The highest BCUT2D eigenvalue weighted by Crippen LogP contribution is 2.38. The molecular formula is C69H56Br2Cl4N2O12. The fourth-order valence-corrected chi connectivity index (χ4v) is 10.4. The van der Waals surface area contributed by atoms with Gasteiger partial charge in [-0.3, -0.25) is 24.2 Å². The molecule has 0 unspecified atom stereocenters. The number of nitrogens with zero attached hydrogens (tertiary/aromatic N) is 2. The average Bonchev–Trinajstić information content (AvgIpc) is 2.48. The Balaban J connectivity index is 0.000000225. The van der Waals surface area contributed by atoms with Gasteiger partial charge in [0.15, 0.2) is 25.1 Å². The highest BCUT2D eigenvalue weighted by atomic mass is 79.9. The molecule has 0 aliphatic carbocycles. The van der Waals surface area contributed by atoms with E-state index >= 15 is 0 Å². The van der Waals surface area contributed by atoms with Crippen molar-refractivity contribution in [3.05, 3.63) is 247 Å². The Morgan fingerprint density at radius 2 is 0.865 bits per heavy atom. The molecule has 0 saturated heterocycles.